The summed E-state index contributed by atoms with van der Waals surface area (Å²) >= 11 is 0. The standard InChI is InChI=1S/C23H32N2O5/c1-28-20-10-5-9-18(22(20)29-2)23(27)25-11-4-3-7-16-14-24(15-19(16)25)21(26)13-17-8-6-12-30-17/h5,9-10,16-17,19H,3-4,6-8,11-15H2,1-2H3/t16-,17+,19+/m1/s1. The molecule has 3 fully saturated rings. The number of hydrogen-bond donors (Lipinski definition) is 0. The Kier molecular flexibility index (Phi) is 6.46. The highest BCUT2D eigenvalue weighted by molar-refractivity contribution is 5.98. The molecule has 3 aliphatic rings. The van der Waals surface area contributed by atoms with E-state index in [-0.39, 0.29) is 24.0 Å². The van der Waals surface area contributed by atoms with Crippen molar-refractivity contribution < 1.29 is 23.8 Å². The first-order chi connectivity index (χ1) is 14.6. The van der Waals surface area contributed by atoms with Crippen LogP contribution in [-0.2, 0) is 9.53 Å². The number of benzene rings is 1. The average Bonchev–Trinajstić information content (AvgIpc) is 3.39. The number of nitrogens with zero attached hydrogens (tertiary/aromatic N) is 2. The smallest absolute Gasteiger partial charge is 0.258 e. The molecule has 0 aliphatic carbocycles. The maximum atomic E-state index is 13.6. The summed E-state index contributed by atoms with van der Waals surface area (Å²) in [5.74, 6) is 1.45. The summed E-state index contributed by atoms with van der Waals surface area (Å²) in [5, 5.41) is 0. The third-order valence-electron chi connectivity index (χ3n) is 6.70. The van der Waals surface area contributed by atoms with Gasteiger partial charge in [0.2, 0.25) is 5.91 Å². The van der Waals surface area contributed by atoms with E-state index in [4.69, 9.17) is 14.2 Å². The van der Waals surface area contributed by atoms with Gasteiger partial charge in [-0.15, -0.1) is 0 Å². The number of carbonyl (C=O) groups excluding carboxylic acids is 2. The summed E-state index contributed by atoms with van der Waals surface area (Å²) in [7, 11) is 3.13. The van der Waals surface area contributed by atoms with Crippen LogP contribution < -0.4 is 9.47 Å². The maximum absolute atomic E-state index is 13.6. The van der Waals surface area contributed by atoms with E-state index in [2.05, 4.69) is 0 Å². The largest absolute Gasteiger partial charge is 0.493 e. The number of rotatable bonds is 5. The van der Waals surface area contributed by atoms with Gasteiger partial charge in [0.15, 0.2) is 11.5 Å². The van der Waals surface area contributed by atoms with Crippen LogP contribution in [0.15, 0.2) is 18.2 Å². The quantitative estimate of drug-likeness (QED) is 0.738. The molecule has 164 valence electrons. The molecule has 0 spiro atoms. The zero-order chi connectivity index (χ0) is 21.1. The van der Waals surface area contributed by atoms with E-state index >= 15 is 0 Å². The van der Waals surface area contributed by atoms with Gasteiger partial charge < -0.3 is 24.0 Å². The molecule has 1 aromatic rings. The van der Waals surface area contributed by atoms with E-state index in [1.54, 1.807) is 26.4 Å². The van der Waals surface area contributed by atoms with Crippen LogP contribution in [0, 0.1) is 5.92 Å². The molecule has 7 nitrogen and oxygen atoms in total. The van der Waals surface area contributed by atoms with Crippen molar-refractivity contribution >= 4 is 11.8 Å². The van der Waals surface area contributed by atoms with Crippen molar-refractivity contribution in [3.63, 3.8) is 0 Å². The normalized spacial score (nSPS) is 26.3. The Morgan fingerprint density at radius 2 is 1.97 bits per heavy atom. The number of para-hydroxylation sites is 1. The maximum Gasteiger partial charge on any atom is 0.258 e. The Morgan fingerprint density at radius 3 is 2.70 bits per heavy atom. The first-order valence-corrected chi connectivity index (χ1v) is 11.0. The first kappa shape index (κ1) is 21.0. The Bertz CT molecular complexity index is 777. The number of carbonyl (C=O) groups is 2. The summed E-state index contributed by atoms with van der Waals surface area (Å²) in [6.45, 7) is 2.80. The van der Waals surface area contributed by atoms with Gasteiger partial charge in [0.25, 0.3) is 5.91 Å². The summed E-state index contributed by atoms with van der Waals surface area (Å²) in [6.07, 6.45) is 5.62. The van der Waals surface area contributed by atoms with Crippen LogP contribution in [0.25, 0.3) is 0 Å². The fraction of sp³-hybridized carbons (Fsp3) is 0.652. The third kappa shape index (κ3) is 4.13. The fourth-order valence-corrected chi connectivity index (χ4v) is 5.14. The summed E-state index contributed by atoms with van der Waals surface area (Å²) in [6, 6.07) is 5.45. The fourth-order valence-electron chi connectivity index (χ4n) is 5.14. The lowest BCUT2D eigenvalue weighted by atomic mass is 9.98. The Morgan fingerprint density at radius 1 is 1.10 bits per heavy atom. The zero-order valence-electron chi connectivity index (χ0n) is 18.0. The van der Waals surface area contributed by atoms with Crippen molar-refractivity contribution in [3.05, 3.63) is 23.8 Å². The number of ether oxygens (including phenoxy) is 3. The summed E-state index contributed by atoms with van der Waals surface area (Å²) in [5.41, 5.74) is 0.515. The second kappa shape index (κ2) is 9.25. The number of amides is 2. The lowest BCUT2D eigenvalue weighted by Gasteiger charge is -2.31. The van der Waals surface area contributed by atoms with Crippen molar-refractivity contribution in [2.24, 2.45) is 5.92 Å². The molecule has 30 heavy (non-hydrogen) atoms. The number of methoxy groups -OCH3 is 2. The van der Waals surface area contributed by atoms with E-state index in [1.165, 1.54) is 0 Å². The lowest BCUT2D eigenvalue weighted by Crippen LogP contribution is -2.45. The van der Waals surface area contributed by atoms with Gasteiger partial charge in [-0.05, 0) is 43.7 Å². The monoisotopic (exact) mass is 416 g/mol. The molecule has 2 amide bonds. The summed E-state index contributed by atoms with van der Waals surface area (Å²) < 4.78 is 16.5. The highest BCUT2D eigenvalue weighted by atomic mass is 16.5. The number of hydrogen-bond acceptors (Lipinski definition) is 5. The Hall–Kier alpha value is -2.28. The van der Waals surface area contributed by atoms with Gasteiger partial charge in [0.1, 0.15) is 0 Å². The minimum atomic E-state index is -0.0453. The zero-order valence-corrected chi connectivity index (χ0v) is 18.0. The van der Waals surface area contributed by atoms with Crippen molar-refractivity contribution in [1.29, 1.82) is 0 Å². The number of likely N-dealkylation sites (tertiary alicyclic amines) is 2. The van der Waals surface area contributed by atoms with Crippen molar-refractivity contribution in [3.8, 4) is 11.5 Å². The third-order valence-corrected chi connectivity index (χ3v) is 6.70. The van der Waals surface area contributed by atoms with Crippen LogP contribution in [0.2, 0.25) is 0 Å². The molecule has 3 saturated heterocycles. The first-order valence-electron chi connectivity index (χ1n) is 11.0. The van der Waals surface area contributed by atoms with Gasteiger partial charge >= 0.3 is 0 Å². The summed E-state index contributed by atoms with van der Waals surface area (Å²) in [4.78, 5) is 30.3. The van der Waals surface area contributed by atoms with Gasteiger partial charge in [-0.2, -0.15) is 0 Å². The lowest BCUT2D eigenvalue weighted by molar-refractivity contribution is -0.132. The van der Waals surface area contributed by atoms with Crippen molar-refractivity contribution in [2.45, 2.75) is 50.7 Å². The topological polar surface area (TPSA) is 68.3 Å². The van der Waals surface area contributed by atoms with Gasteiger partial charge in [-0.3, -0.25) is 9.59 Å². The van der Waals surface area contributed by atoms with Crippen molar-refractivity contribution in [1.82, 2.24) is 9.80 Å². The molecular weight excluding hydrogens is 384 g/mol. The second-order valence-electron chi connectivity index (χ2n) is 8.50. The molecule has 0 saturated carbocycles. The number of fused-ring (bicyclic) bond motifs is 1. The highest BCUT2D eigenvalue weighted by Crippen LogP contribution is 2.35. The minimum Gasteiger partial charge on any atom is -0.493 e. The van der Waals surface area contributed by atoms with E-state index in [9.17, 15) is 9.59 Å². The van der Waals surface area contributed by atoms with Gasteiger partial charge in [-0.1, -0.05) is 12.5 Å². The van der Waals surface area contributed by atoms with Crippen LogP contribution >= 0.6 is 0 Å². The van der Waals surface area contributed by atoms with Crippen molar-refractivity contribution in [2.75, 3.05) is 40.5 Å². The molecule has 0 unspecified atom stereocenters. The van der Waals surface area contributed by atoms with E-state index < -0.39 is 0 Å². The molecule has 0 bridgehead atoms. The molecule has 7 heteroatoms. The van der Waals surface area contributed by atoms with Crippen LogP contribution in [0.1, 0.15) is 48.9 Å². The van der Waals surface area contributed by atoms with Crippen LogP contribution in [-0.4, -0.2) is 74.2 Å². The molecule has 0 radical (unpaired) electrons. The van der Waals surface area contributed by atoms with E-state index in [0.717, 1.165) is 45.3 Å². The predicted octanol–water partition coefficient (Wildman–Crippen LogP) is 2.73. The van der Waals surface area contributed by atoms with Gasteiger partial charge in [0.05, 0.1) is 38.3 Å². The molecule has 0 aromatic heterocycles. The van der Waals surface area contributed by atoms with E-state index in [1.807, 2.05) is 15.9 Å². The van der Waals surface area contributed by atoms with Gasteiger partial charge in [0, 0.05) is 26.2 Å². The molecular formula is C23H32N2O5. The Balaban J connectivity index is 1.52. The van der Waals surface area contributed by atoms with E-state index in [0.29, 0.717) is 42.5 Å². The molecule has 3 heterocycles. The molecule has 0 N–H and O–H groups in total. The minimum absolute atomic E-state index is 0.0453. The van der Waals surface area contributed by atoms with Gasteiger partial charge in [-0.25, -0.2) is 0 Å². The average molecular weight is 417 g/mol. The highest BCUT2D eigenvalue weighted by Gasteiger charge is 2.42. The second-order valence-corrected chi connectivity index (χ2v) is 8.50. The van der Waals surface area contributed by atoms with Crippen LogP contribution in [0.4, 0.5) is 0 Å². The molecule has 4 rings (SSSR count). The SMILES string of the molecule is COc1cccc(C(=O)N2CCCC[C@@H]3CN(C(=O)C[C@@H]4CCCO4)C[C@@H]32)c1OC. The molecule has 3 aliphatic heterocycles. The Labute approximate surface area is 178 Å². The predicted molar refractivity (Wildman–Crippen MR) is 112 cm³/mol. The molecule has 1 aromatic carbocycles. The van der Waals surface area contributed by atoms with Crippen LogP contribution in [0.5, 0.6) is 11.5 Å². The molecule has 3 atom stereocenters. The van der Waals surface area contributed by atoms with Crippen LogP contribution in [0.3, 0.4) is 0 Å².